The zero-order chi connectivity index (χ0) is 13.3. The second-order valence-corrected chi connectivity index (χ2v) is 4.74. The first-order valence-electron chi connectivity index (χ1n) is 6.03. The third-order valence-electron chi connectivity index (χ3n) is 2.95. The minimum absolute atomic E-state index is 0.0868. The minimum Gasteiger partial charge on any atom is -0.360 e. The molecule has 2 rings (SSSR count). The van der Waals surface area contributed by atoms with E-state index in [1.54, 1.807) is 6.92 Å². The summed E-state index contributed by atoms with van der Waals surface area (Å²) in [6.07, 6.45) is 0. The molecule has 0 aliphatic carbocycles. The molecule has 0 spiro atoms. The lowest BCUT2D eigenvalue weighted by atomic mass is 10.0. The van der Waals surface area contributed by atoms with Gasteiger partial charge in [-0.05, 0) is 6.92 Å². The molecule has 6 heteroatoms. The van der Waals surface area contributed by atoms with Crippen LogP contribution in [0.1, 0.15) is 41.6 Å². The lowest BCUT2D eigenvalue weighted by Gasteiger charge is -2.26. The molecule has 18 heavy (non-hydrogen) atoms. The molecule has 1 aliphatic heterocycles. The van der Waals surface area contributed by atoms with Crippen molar-refractivity contribution in [3.63, 3.8) is 0 Å². The third kappa shape index (κ3) is 2.23. The highest BCUT2D eigenvalue weighted by molar-refractivity contribution is 5.98. The zero-order valence-electron chi connectivity index (χ0n) is 10.8. The zero-order valence-corrected chi connectivity index (χ0v) is 10.8. The van der Waals surface area contributed by atoms with Crippen molar-refractivity contribution in [2.45, 2.75) is 26.7 Å². The minimum atomic E-state index is -0.174. The van der Waals surface area contributed by atoms with E-state index in [4.69, 9.17) is 4.52 Å². The standard InChI is InChI=1S/C12H17N3O3/c1-7(2)11-10(8(3)14-18-11)12(17)15-5-4-13-9(16)6-15/h7H,4-6H2,1-3H3,(H,13,16). The molecule has 0 saturated carbocycles. The molecule has 2 heterocycles. The van der Waals surface area contributed by atoms with Crippen molar-refractivity contribution in [3.05, 3.63) is 17.0 Å². The fourth-order valence-corrected chi connectivity index (χ4v) is 2.01. The predicted octanol–water partition coefficient (Wildman–Crippen LogP) is 0.678. The molecule has 0 aromatic carbocycles. The molecule has 1 aliphatic rings. The molecule has 2 amide bonds. The lowest BCUT2D eigenvalue weighted by Crippen LogP contribution is -2.50. The van der Waals surface area contributed by atoms with Crippen LogP contribution in [0.4, 0.5) is 0 Å². The Labute approximate surface area is 105 Å². The molecule has 1 aromatic heterocycles. The molecule has 1 aromatic rings. The van der Waals surface area contributed by atoms with Crippen LogP contribution in [0.25, 0.3) is 0 Å². The Hall–Kier alpha value is -1.85. The van der Waals surface area contributed by atoms with Crippen molar-refractivity contribution in [1.29, 1.82) is 0 Å². The van der Waals surface area contributed by atoms with Gasteiger partial charge in [0.25, 0.3) is 5.91 Å². The summed E-state index contributed by atoms with van der Waals surface area (Å²) in [6, 6.07) is 0. The Morgan fingerprint density at radius 2 is 2.22 bits per heavy atom. The van der Waals surface area contributed by atoms with Crippen molar-refractivity contribution in [1.82, 2.24) is 15.4 Å². The van der Waals surface area contributed by atoms with Gasteiger partial charge in [-0.2, -0.15) is 0 Å². The van der Waals surface area contributed by atoms with Gasteiger partial charge in [-0.15, -0.1) is 0 Å². The van der Waals surface area contributed by atoms with E-state index in [0.717, 1.165) is 0 Å². The number of hydrogen-bond donors (Lipinski definition) is 1. The molecule has 0 unspecified atom stereocenters. The van der Waals surface area contributed by atoms with E-state index >= 15 is 0 Å². The molecule has 0 radical (unpaired) electrons. The summed E-state index contributed by atoms with van der Waals surface area (Å²) in [6.45, 7) is 6.74. The van der Waals surface area contributed by atoms with Crippen molar-refractivity contribution >= 4 is 11.8 Å². The summed E-state index contributed by atoms with van der Waals surface area (Å²) in [5.41, 5.74) is 1.08. The summed E-state index contributed by atoms with van der Waals surface area (Å²) < 4.78 is 5.20. The van der Waals surface area contributed by atoms with Crippen LogP contribution in [0.3, 0.4) is 0 Å². The highest BCUT2D eigenvalue weighted by atomic mass is 16.5. The Balaban J connectivity index is 2.28. The van der Waals surface area contributed by atoms with E-state index in [2.05, 4.69) is 10.5 Å². The summed E-state index contributed by atoms with van der Waals surface area (Å²) in [5, 5.41) is 6.54. The molecular formula is C12H17N3O3. The fourth-order valence-electron chi connectivity index (χ4n) is 2.01. The molecular weight excluding hydrogens is 234 g/mol. The van der Waals surface area contributed by atoms with Gasteiger partial charge in [-0.1, -0.05) is 19.0 Å². The average molecular weight is 251 g/mol. The van der Waals surface area contributed by atoms with Crippen molar-refractivity contribution in [3.8, 4) is 0 Å². The van der Waals surface area contributed by atoms with Crippen LogP contribution >= 0.6 is 0 Å². The van der Waals surface area contributed by atoms with E-state index in [1.807, 2.05) is 13.8 Å². The van der Waals surface area contributed by atoms with Gasteiger partial charge in [0.1, 0.15) is 5.56 Å². The number of carbonyl (C=O) groups is 2. The Morgan fingerprint density at radius 1 is 1.50 bits per heavy atom. The van der Waals surface area contributed by atoms with Gasteiger partial charge < -0.3 is 14.7 Å². The number of hydrogen-bond acceptors (Lipinski definition) is 4. The molecule has 6 nitrogen and oxygen atoms in total. The maximum Gasteiger partial charge on any atom is 0.259 e. The van der Waals surface area contributed by atoms with E-state index in [9.17, 15) is 9.59 Å². The van der Waals surface area contributed by atoms with Gasteiger partial charge >= 0.3 is 0 Å². The van der Waals surface area contributed by atoms with Crippen molar-refractivity contribution < 1.29 is 14.1 Å². The SMILES string of the molecule is Cc1noc(C(C)C)c1C(=O)N1CCNC(=O)C1. The maximum atomic E-state index is 12.4. The van der Waals surface area contributed by atoms with Crippen LogP contribution < -0.4 is 5.32 Å². The van der Waals surface area contributed by atoms with Crippen molar-refractivity contribution in [2.24, 2.45) is 0 Å². The Kier molecular flexibility index (Phi) is 3.36. The van der Waals surface area contributed by atoms with Gasteiger partial charge in [0, 0.05) is 19.0 Å². The Morgan fingerprint density at radius 3 is 2.83 bits per heavy atom. The number of amides is 2. The van der Waals surface area contributed by atoms with Crippen LogP contribution in [0, 0.1) is 6.92 Å². The number of nitrogens with zero attached hydrogens (tertiary/aromatic N) is 2. The first kappa shape index (κ1) is 12.6. The summed E-state index contributed by atoms with van der Waals surface area (Å²) in [4.78, 5) is 25.2. The Bertz CT molecular complexity index is 479. The van der Waals surface area contributed by atoms with E-state index in [0.29, 0.717) is 30.1 Å². The number of piperazine rings is 1. The van der Waals surface area contributed by atoms with Gasteiger partial charge in [0.15, 0.2) is 5.76 Å². The van der Waals surface area contributed by atoms with Crippen LogP contribution in [-0.4, -0.2) is 41.5 Å². The average Bonchev–Trinajstić information content (AvgIpc) is 2.70. The quantitative estimate of drug-likeness (QED) is 0.838. The topological polar surface area (TPSA) is 75.4 Å². The van der Waals surface area contributed by atoms with Gasteiger partial charge in [-0.25, -0.2) is 0 Å². The second-order valence-electron chi connectivity index (χ2n) is 4.74. The molecule has 0 atom stereocenters. The summed E-state index contributed by atoms with van der Waals surface area (Å²) in [5.74, 6) is 0.370. The van der Waals surface area contributed by atoms with Crippen LogP contribution in [0.15, 0.2) is 4.52 Å². The second kappa shape index (κ2) is 4.80. The van der Waals surface area contributed by atoms with Gasteiger partial charge in [-0.3, -0.25) is 9.59 Å². The molecule has 0 bridgehead atoms. The first-order valence-corrected chi connectivity index (χ1v) is 6.03. The highest BCUT2D eigenvalue weighted by Gasteiger charge is 2.29. The van der Waals surface area contributed by atoms with Crippen LogP contribution in [-0.2, 0) is 4.79 Å². The molecule has 1 fully saturated rings. The third-order valence-corrected chi connectivity index (χ3v) is 2.95. The number of carbonyl (C=O) groups excluding carboxylic acids is 2. The largest absolute Gasteiger partial charge is 0.360 e. The maximum absolute atomic E-state index is 12.4. The van der Waals surface area contributed by atoms with Crippen LogP contribution in [0.5, 0.6) is 0 Å². The number of aromatic nitrogens is 1. The van der Waals surface area contributed by atoms with E-state index in [-0.39, 0.29) is 24.3 Å². The monoisotopic (exact) mass is 251 g/mol. The molecule has 1 saturated heterocycles. The van der Waals surface area contributed by atoms with E-state index < -0.39 is 0 Å². The predicted molar refractivity (Wildman–Crippen MR) is 64.2 cm³/mol. The van der Waals surface area contributed by atoms with Crippen LogP contribution in [0.2, 0.25) is 0 Å². The van der Waals surface area contributed by atoms with Crippen molar-refractivity contribution in [2.75, 3.05) is 19.6 Å². The van der Waals surface area contributed by atoms with E-state index in [1.165, 1.54) is 4.90 Å². The summed E-state index contributed by atoms with van der Waals surface area (Å²) >= 11 is 0. The smallest absolute Gasteiger partial charge is 0.259 e. The normalized spacial score (nSPS) is 16.0. The lowest BCUT2D eigenvalue weighted by molar-refractivity contribution is -0.123. The fraction of sp³-hybridized carbons (Fsp3) is 0.583. The number of rotatable bonds is 2. The summed E-state index contributed by atoms with van der Waals surface area (Å²) in [7, 11) is 0. The number of nitrogens with one attached hydrogen (secondary N) is 1. The highest BCUT2D eigenvalue weighted by Crippen LogP contribution is 2.23. The molecule has 1 N–H and O–H groups in total. The van der Waals surface area contributed by atoms with Gasteiger partial charge in [0.05, 0.1) is 12.2 Å². The molecule has 98 valence electrons. The number of aryl methyl sites for hydroxylation is 1. The van der Waals surface area contributed by atoms with Gasteiger partial charge in [0.2, 0.25) is 5.91 Å². The first-order chi connectivity index (χ1) is 8.50.